The van der Waals surface area contributed by atoms with Crippen LogP contribution in [-0.2, 0) is 9.53 Å². The van der Waals surface area contributed by atoms with E-state index in [4.69, 9.17) is 9.47 Å². The van der Waals surface area contributed by atoms with Crippen molar-refractivity contribution < 1.29 is 14.3 Å². The number of fused-ring (bicyclic) bond motifs is 1. The lowest BCUT2D eigenvalue weighted by molar-refractivity contribution is -0.142. The highest BCUT2D eigenvalue weighted by atomic mass is 79.9. The van der Waals surface area contributed by atoms with Gasteiger partial charge in [0.2, 0.25) is 0 Å². The summed E-state index contributed by atoms with van der Waals surface area (Å²) in [5, 5.41) is 3.28. The molecule has 5 heteroatoms. The number of esters is 1. The zero-order valence-corrected chi connectivity index (χ0v) is 12.0. The van der Waals surface area contributed by atoms with E-state index in [2.05, 4.69) is 21.2 Å². The summed E-state index contributed by atoms with van der Waals surface area (Å²) in [4.78, 5) is 11.4. The fourth-order valence-corrected chi connectivity index (χ4v) is 2.46. The van der Waals surface area contributed by atoms with Crippen LogP contribution >= 0.6 is 15.9 Å². The minimum absolute atomic E-state index is 0.111. The van der Waals surface area contributed by atoms with E-state index in [9.17, 15) is 4.79 Å². The molecule has 0 spiro atoms. The predicted molar refractivity (Wildman–Crippen MR) is 71.6 cm³/mol. The van der Waals surface area contributed by atoms with E-state index in [1.807, 2.05) is 18.2 Å². The molecule has 98 valence electrons. The number of ether oxygens (including phenoxy) is 2. The Morgan fingerprint density at radius 1 is 1.61 bits per heavy atom. The van der Waals surface area contributed by atoms with Crippen molar-refractivity contribution in [3.8, 4) is 5.75 Å². The highest BCUT2D eigenvalue weighted by Gasteiger charge is 2.25. The Morgan fingerprint density at radius 3 is 3.11 bits per heavy atom. The van der Waals surface area contributed by atoms with Crippen LogP contribution in [0.3, 0.4) is 0 Å². The van der Waals surface area contributed by atoms with Crippen molar-refractivity contribution >= 4 is 21.9 Å². The average Bonchev–Trinajstić information content (AvgIpc) is 2.38. The molecule has 1 aliphatic heterocycles. The molecule has 1 heterocycles. The molecule has 0 bridgehead atoms. The first-order valence-corrected chi connectivity index (χ1v) is 6.67. The third-order valence-corrected chi connectivity index (χ3v) is 3.51. The van der Waals surface area contributed by atoms with Gasteiger partial charge in [-0.3, -0.25) is 10.1 Å². The van der Waals surface area contributed by atoms with Gasteiger partial charge in [0, 0.05) is 22.5 Å². The summed E-state index contributed by atoms with van der Waals surface area (Å²) in [5.41, 5.74) is 1.08. The Balaban J connectivity index is 2.17. The monoisotopic (exact) mass is 313 g/mol. The molecular weight excluding hydrogens is 298 g/mol. The molecule has 18 heavy (non-hydrogen) atoms. The molecule has 0 aliphatic carbocycles. The number of methoxy groups -OCH3 is 1. The first-order chi connectivity index (χ1) is 8.61. The first kappa shape index (κ1) is 13.4. The number of carbonyl (C=O) groups is 1. The number of carbonyl (C=O) groups excluding carboxylic acids is 1. The maximum Gasteiger partial charge on any atom is 0.322 e. The van der Waals surface area contributed by atoms with Crippen LogP contribution in [0.4, 0.5) is 0 Å². The van der Waals surface area contributed by atoms with Crippen LogP contribution in [0.1, 0.15) is 24.9 Å². The molecule has 1 aliphatic rings. The highest BCUT2D eigenvalue weighted by molar-refractivity contribution is 9.10. The summed E-state index contributed by atoms with van der Waals surface area (Å²) >= 11 is 3.45. The fourth-order valence-electron chi connectivity index (χ4n) is 2.09. The number of nitrogens with one attached hydrogen (secondary N) is 1. The van der Waals surface area contributed by atoms with Gasteiger partial charge in [0.25, 0.3) is 0 Å². The van der Waals surface area contributed by atoms with E-state index in [-0.39, 0.29) is 18.1 Å². The van der Waals surface area contributed by atoms with E-state index >= 15 is 0 Å². The minimum Gasteiger partial charge on any atom is -0.493 e. The standard InChI is InChI=1S/C13H16BrNO3/c1-8(13(16)17-2)15-11-5-6-18-12-4-3-9(14)7-10(11)12/h3-4,7-8,11,15H,5-6H2,1-2H3. The zero-order chi connectivity index (χ0) is 13.1. The van der Waals surface area contributed by atoms with Gasteiger partial charge >= 0.3 is 5.97 Å². The summed E-state index contributed by atoms with van der Waals surface area (Å²) in [6.07, 6.45) is 0.838. The van der Waals surface area contributed by atoms with E-state index in [0.29, 0.717) is 6.61 Å². The first-order valence-electron chi connectivity index (χ1n) is 5.88. The van der Waals surface area contributed by atoms with Crippen molar-refractivity contribution in [1.82, 2.24) is 5.32 Å². The maximum atomic E-state index is 11.4. The number of hydrogen-bond acceptors (Lipinski definition) is 4. The second kappa shape index (κ2) is 5.71. The van der Waals surface area contributed by atoms with Crippen LogP contribution in [0.25, 0.3) is 0 Å². The molecular formula is C13H16BrNO3. The van der Waals surface area contributed by atoms with Gasteiger partial charge in [-0.05, 0) is 25.1 Å². The number of benzene rings is 1. The summed E-state index contributed by atoms with van der Waals surface area (Å²) in [7, 11) is 1.40. The largest absolute Gasteiger partial charge is 0.493 e. The summed E-state index contributed by atoms with van der Waals surface area (Å²) in [6.45, 7) is 2.46. The molecule has 0 saturated carbocycles. The Morgan fingerprint density at radius 2 is 2.39 bits per heavy atom. The van der Waals surface area contributed by atoms with Crippen molar-refractivity contribution in [2.24, 2.45) is 0 Å². The van der Waals surface area contributed by atoms with Crippen molar-refractivity contribution in [1.29, 1.82) is 0 Å². The van der Waals surface area contributed by atoms with Crippen molar-refractivity contribution in [3.05, 3.63) is 28.2 Å². The Hall–Kier alpha value is -1.07. The summed E-state index contributed by atoms with van der Waals surface area (Å²) < 4.78 is 11.3. The Labute approximate surface area is 115 Å². The van der Waals surface area contributed by atoms with Gasteiger partial charge in [-0.15, -0.1) is 0 Å². The average molecular weight is 314 g/mol. The van der Waals surface area contributed by atoms with Gasteiger partial charge in [-0.1, -0.05) is 15.9 Å². The van der Waals surface area contributed by atoms with E-state index in [0.717, 1.165) is 22.2 Å². The third kappa shape index (κ3) is 2.84. The lowest BCUT2D eigenvalue weighted by Crippen LogP contribution is -2.39. The van der Waals surface area contributed by atoms with Crippen molar-refractivity contribution in [3.63, 3.8) is 0 Å². The van der Waals surface area contributed by atoms with Gasteiger partial charge < -0.3 is 9.47 Å². The van der Waals surface area contributed by atoms with Gasteiger partial charge in [0.1, 0.15) is 11.8 Å². The quantitative estimate of drug-likeness (QED) is 0.871. The van der Waals surface area contributed by atoms with Crippen LogP contribution in [-0.4, -0.2) is 25.7 Å². The van der Waals surface area contributed by atoms with E-state index in [1.54, 1.807) is 6.92 Å². The van der Waals surface area contributed by atoms with Crippen LogP contribution in [0.2, 0.25) is 0 Å². The van der Waals surface area contributed by atoms with Gasteiger partial charge in [-0.25, -0.2) is 0 Å². The maximum absolute atomic E-state index is 11.4. The minimum atomic E-state index is -0.329. The molecule has 0 saturated heterocycles. The molecule has 2 rings (SSSR count). The number of halogens is 1. The zero-order valence-electron chi connectivity index (χ0n) is 10.4. The highest BCUT2D eigenvalue weighted by Crippen LogP contribution is 2.34. The summed E-state index contributed by atoms with van der Waals surface area (Å²) in [5.74, 6) is 0.622. The van der Waals surface area contributed by atoms with Crippen LogP contribution < -0.4 is 10.1 Å². The molecule has 0 aromatic heterocycles. The second-order valence-electron chi connectivity index (χ2n) is 4.28. The second-order valence-corrected chi connectivity index (χ2v) is 5.20. The fraction of sp³-hybridized carbons (Fsp3) is 0.462. The summed E-state index contributed by atoms with van der Waals surface area (Å²) in [6, 6.07) is 5.70. The van der Waals surface area contributed by atoms with Gasteiger partial charge in [0.05, 0.1) is 13.7 Å². The molecule has 4 nitrogen and oxygen atoms in total. The van der Waals surface area contributed by atoms with Gasteiger partial charge in [-0.2, -0.15) is 0 Å². The van der Waals surface area contributed by atoms with Crippen LogP contribution in [0.15, 0.2) is 22.7 Å². The van der Waals surface area contributed by atoms with E-state index < -0.39 is 0 Å². The van der Waals surface area contributed by atoms with Crippen molar-refractivity contribution in [2.45, 2.75) is 25.4 Å². The molecule has 2 atom stereocenters. The molecule has 0 fully saturated rings. The molecule has 1 aromatic rings. The molecule has 0 radical (unpaired) electrons. The predicted octanol–water partition coefficient (Wildman–Crippen LogP) is 2.42. The Kier molecular flexibility index (Phi) is 4.24. The van der Waals surface area contributed by atoms with Crippen LogP contribution in [0.5, 0.6) is 5.75 Å². The number of rotatable bonds is 3. The Bertz CT molecular complexity index is 450. The SMILES string of the molecule is COC(=O)C(C)NC1CCOc2ccc(Br)cc21. The molecule has 0 amide bonds. The van der Waals surface area contributed by atoms with Crippen molar-refractivity contribution in [2.75, 3.05) is 13.7 Å². The smallest absolute Gasteiger partial charge is 0.322 e. The number of hydrogen-bond donors (Lipinski definition) is 1. The molecule has 1 N–H and O–H groups in total. The third-order valence-electron chi connectivity index (χ3n) is 3.02. The topological polar surface area (TPSA) is 47.6 Å². The van der Waals surface area contributed by atoms with E-state index in [1.165, 1.54) is 7.11 Å². The normalized spacial score (nSPS) is 19.6. The molecule has 1 aromatic carbocycles. The lowest BCUT2D eigenvalue weighted by atomic mass is 10.00. The van der Waals surface area contributed by atoms with Crippen LogP contribution in [0, 0.1) is 0 Å². The lowest BCUT2D eigenvalue weighted by Gasteiger charge is -2.28. The molecule has 2 unspecified atom stereocenters. The van der Waals surface area contributed by atoms with Gasteiger partial charge in [0.15, 0.2) is 0 Å².